The van der Waals surface area contributed by atoms with Gasteiger partial charge in [0.25, 0.3) is 0 Å². The lowest BCUT2D eigenvalue weighted by atomic mass is 9.79. The SMILES string of the molecule is CC1(C)c2cc(N(c3ccc(-c4ccccc4)cc3)c3cccc4c3oc3ccccc34)ccc2-c2cc3c(cc21)-c1c(ccc2ccccc12)C3(C)C. The Labute approximate surface area is 315 Å². The van der Waals surface area contributed by atoms with Gasteiger partial charge >= 0.3 is 0 Å². The number of fused-ring (bicyclic) bond motifs is 11. The maximum Gasteiger partial charge on any atom is 0.159 e. The molecule has 54 heavy (non-hydrogen) atoms. The van der Waals surface area contributed by atoms with Crippen LogP contribution in [-0.4, -0.2) is 0 Å². The Morgan fingerprint density at radius 3 is 1.89 bits per heavy atom. The molecule has 258 valence electrons. The van der Waals surface area contributed by atoms with Crippen molar-refractivity contribution in [2.24, 2.45) is 0 Å². The number of hydrogen-bond donors (Lipinski definition) is 0. The van der Waals surface area contributed by atoms with E-state index in [0.717, 1.165) is 39.0 Å². The molecular weight excluding hydrogens is 655 g/mol. The fraction of sp³-hybridized carbons (Fsp3) is 0.115. The van der Waals surface area contributed by atoms with Gasteiger partial charge in [0.05, 0.1) is 5.69 Å². The van der Waals surface area contributed by atoms with Crippen molar-refractivity contribution in [3.8, 4) is 33.4 Å². The molecule has 0 N–H and O–H groups in total. The minimum atomic E-state index is -0.207. The summed E-state index contributed by atoms with van der Waals surface area (Å²) in [4.78, 5) is 2.38. The van der Waals surface area contributed by atoms with Crippen LogP contribution in [0.3, 0.4) is 0 Å². The Kier molecular flexibility index (Phi) is 6.39. The minimum absolute atomic E-state index is 0.0927. The molecule has 2 aliphatic carbocycles. The van der Waals surface area contributed by atoms with E-state index in [9.17, 15) is 0 Å². The Morgan fingerprint density at radius 1 is 0.426 bits per heavy atom. The molecule has 9 aromatic rings. The molecular formula is C52H39NO. The van der Waals surface area contributed by atoms with Crippen molar-refractivity contribution in [2.45, 2.75) is 38.5 Å². The average Bonchev–Trinajstić information content (AvgIpc) is 3.78. The van der Waals surface area contributed by atoms with Crippen LogP contribution in [0.2, 0.25) is 0 Å². The summed E-state index contributed by atoms with van der Waals surface area (Å²) in [5.74, 6) is 0. The second kappa shape index (κ2) is 11.1. The highest BCUT2D eigenvalue weighted by atomic mass is 16.3. The summed E-state index contributed by atoms with van der Waals surface area (Å²) in [6, 6.07) is 60.0. The van der Waals surface area contributed by atoms with Crippen molar-refractivity contribution in [2.75, 3.05) is 4.90 Å². The normalized spacial score (nSPS) is 14.6. The van der Waals surface area contributed by atoms with Crippen LogP contribution < -0.4 is 4.90 Å². The fourth-order valence-electron chi connectivity index (χ4n) is 9.63. The van der Waals surface area contributed by atoms with Crippen molar-refractivity contribution >= 4 is 49.8 Å². The molecule has 0 unspecified atom stereocenters. The predicted molar refractivity (Wildman–Crippen MR) is 226 cm³/mol. The number of nitrogens with zero attached hydrogens (tertiary/aromatic N) is 1. The Hall–Kier alpha value is -6.38. The lowest BCUT2D eigenvalue weighted by Crippen LogP contribution is -2.17. The summed E-state index contributed by atoms with van der Waals surface area (Å²) in [7, 11) is 0. The highest BCUT2D eigenvalue weighted by Crippen LogP contribution is 2.58. The average molecular weight is 694 g/mol. The van der Waals surface area contributed by atoms with Gasteiger partial charge < -0.3 is 9.32 Å². The van der Waals surface area contributed by atoms with E-state index >= 15 is 0 Å². The molecule has 0 amide bonds. The van der Waals surface area contributed by atoms with Crippen LogP contribution in [0.5, 0.6) is 0 Å². The molecule has 11 rings (SSSR count). The van der Waals surface area contributed by atoms with E-state index in [0.29, 0.717) is 0 Å². The van der Waals surface area contributed by atoms with Crippen LogP contribution in [0, 0.1) is 0 Å². The van der Waals surface area contributed by atoms with Crippen LogP contribution in [0.25, 0.3) is 66.1 Å². The van der Waals surface area contributed by atoms with E-state index in [1.807, 2.05) is 6.07 Å². The van der Waals surface area contributed by atoms with Gasteiger partial charge in [-0.1, -0.05) is 143 Å². The summed E-state index contributed by atoms with van der Waals surface area (Å²) < 4.78 is 6.67. The Bertz CT molecular complexity index is 2980. The van der Waals surface area contributed by atoms with E-state index in [-0.39, 0.29) is 10.8 Å². The van der Waals surface area contributed by atoms with E-state index in [1.54, 1.807) is 0 Å². The lowest BCUT2D eigenvalue weighted by molar-refractivity contribution is 0.652. The molecule has 0 spiro atoms. The van der Waals surface area contributed by atoms with Crippen LogP contribution >= 0.6 is 0 Å². The summed E-state index contributed by atoms with van der Waals surface area (Å²) in [5, 5.41) is 4.88. The second-order valence-electron chi connectivity index (χ2n) is 16.1. The fourth-order valence-corrected chi connectivity index (χ4v) is 9.63. The summed E-state index contributed by atoms with van der Waals surface area (Å²) in [6.45, 7) is 9.58. The van der Waals surface area contributed by atoms with Crippen molar-refractivity contribution in [3.63, 3.8) is 0 Å². The lowest BCUT2D eigenvalue weighted by Gasteiger charge is -2.28. The topological polar surface area (TPSA) is 16.4 Å². The van der Waals surface area contributed by atoms with Gasteiger partial charge in [-0.2, -0.15) is 0 Å². The largest absolute Gasteiger partial charge is 0.454 e. The van der Waals surface area contributed by atoms with Crippen LogP contribution in [-0.2, 0) is 10.8 Å². The zero-order chi connectivity index (χ0) is 36.3. The molecule has 2 aliphatic rings. The van der Waals surface area contributed by atoms with Gasteiger partial charge in [0.1, 0.15) is 5.58 Å². The first-order valence-electron chi connectivity index (χ1n) is 19.0. The molecule has 8 aromatic carbocycles. The zero-order valence-corrected chi connectivity index (χ0v) is 30.9. The molecule has 0 saturated heterocycles. The third kappa shape index (κ3) is 4.28. The van der Waals surface area contributed by atoms with E-state index in [4.69, 9.17) is 4.42 Å². The molecule has 0 radical (unpaired) electrons. The third-order valence-electron chi connectivity index (χ3n) is 12.5. The number of hydrogen-bond acceptors (Lipinski definition) is 2. The summed E-state index contributed by atoms with van der Waals surface area (Å²) in [5.41, 5.74) is 18.1. The predicted octanol–water partition coefficient (Wildman–Crippen LogP) is 14.5. The highest BCUT2D eigenvalue weighted by molar-refractivity contribution is 6.10. The van der Waals surface area contributed by atoms with E-state index in [1.165, 1.54) is 66.4 Å². The molecule has 0 atom stereocenters. The first-order valence-corrected chi connectivity index (χ1v) is 19.0. The summed E-state index contributed by atoms with van der Waals surface area (Å²) >= 11 is 0. The quantitative estimate of drug-likeness (QED) is 0.182. The van der Waals surface area contributed by atoms with Gasteiger partial charge in [-0.05, 0) is 115 Å². The van der Waals surface area contributed by atoms with Gasteiger partial charge in [0.15, 0.2) is 5.58 Å². The number of rotatable bonds is 4. The monoisotopic (exact) mass is 693 g/mol. The maximum absolute atomic E-state index is 6.67. The van der Waals surface area contributed by atoms with Crippen molar-refractivity contribution in [1.29, 1.82) is 0 Å². The molecule has 1 aromatic heterocycles. The van der Waals surface area contributed by atoms with Crippen LogP contribution in [0.1, 0.15) is 49.9 Å². The Balaban J connectivity index is 1.10. The molecule has 0 aliphatic heterocycles. The summed E-state index contributed by atoms with van der Waals surface area (Å²) in [6.07, 6.45) is 0. The molecule has 2 nitrogen and oxygen atoms in total. The second-order valence-corrected chi connectivity index (χ2v) is 16.1. The van der Waals surface area contributed by atoms with Gasteiger partial charge in [-0.3, -0.25) is 0 Å². The number of benzene rings is 8. The van der Waals surface area contributed by atoms with E-state index in [2.05, 4.69) is 190 Å². The van der Waals surface area contributed by atoms with Crippen molar-refractivity contribution < 1.29 is 4.42 Å². The molecule has 0 saturated carbocycles. The molecule has 2 heteroatoms. The van der Waals surface area contributed by atoms with Crippen LogP contribution in [0.15, 0.2) is 168 Å². The van der Waals surface area contributed by atoms with Gasteiger partial charge in [0.2, 0.25) is 0 Å². The number of para-hydroxylation sites is 2. The van der Waals surface area contributed by atoms with Crippen LogP contribution in [0.4, 0.5) is 17.1 Å². The van der Waals surface area contributed by atoms with Gasteiger partial charge in [-0.25, -0.2) is 0 Å². The molecule has 0 fully saturated rings. The van der Waals surface area contributed by atoms with Gasteiger partial charge in [-0.15, -0.1) is 0 Å². The standard InChI is InChI=1S/C52H39NO/c1-51(2)43-28-23-34-15-8-9-16-37(34)49(43)42-31-45-41(30-46(42)51)38-27-26-36(29-44(38)52(45,3)4)53(35-24-21-33(22-25-35)32-13-6-5-7-14-32)47-19-12-18-40-39-17-10-11-20-48(39)54-50(40)47/h5-31H,1-4H3. The highest BCUT2D eigenvalue weighted by Gasteiger charge is 2.42. The first-order chi connectivity index (χ1) is 26.3. The smallest absolute Gasteiger partial charge is 0.159 e. The number of furan rings is 1. The first kappa shape index (κ1) is 31.2. The van der Waals surface area contributed by atoms with E-state index < -0.39 is 0 Å². The van der Waals surface area contributed by atoms with Gasteiger partial charge in [0, 0.05) is 33.0 Å². The van der Waals surface area contributed by atoms with Crippen molar-refractivity contribution in [3.05, 3.63) is 186 Å². The Morgan fingerprint density at radius 2 is 1.06 bits per heavy atom. The minimum Gasteiger partial charge on any atom is -0.454 e. The van der Waals surface area contributed by atoms with Crippen molar-refractivity contribution in [1.82, 2.24) is 0 Å². The number of anilines is 3. The third-order valence-corrected chi connectivity index (χ3v) is 12.5. The maximum atomic E-state index is 6.67. The molecule has 1 heterocycles. The molecule has 0 bridgehead atoms. The zero-order valence-electron chi connectivity index (χ0n) is 30.9.